The van der Waals surface area contributed by atoms with E-state index in [1.54, 1.807) is 22.3 Å². The van der Waals surface area contributed by atoms with E-state index in [-0.39, 0.29) is 12.0 Å². The van der Waals surface area contributed by atoms with Crippen LogP contribution in [0.1, 0.15) is 17.4 Å². The van der Waals surface area contributed by atoms with E-state index in [9.17, 15) is 4.79 Å². The van der Waals surface area contributed by atoms with Crippen LogP contribution in [0.2, 0.25) is 0 Å². The highest BCUT2D eigenvalue weighted by Crippen LogP contribution is 2.34. The van der Waals surface area contributed by atoms with Crippen LogP contribution in [0.15, 0.2) is 52.4 Å². The molecule has 0 spiro atoms. The highest BCUT2D eigenvalue weighted by atomic mass is 32.1. The quantitative estimate of drug-likeness (QED) is 0.718. The Labute approximate surface area is 137 Å². The number of anilines is 1. The molecule has 0 bridgehead atoms. The van der Waals surface area contributed by atoms with Crippen molar-refractivity contribution in [3.63, 3.8) is 0 Å². The van der Waals surface area contributed by atoms with Crippen LogP contribution in [0.5, 0.6) is 5.75 Å². The number of hydrogen-bond acceptors (Lipinski definition) is 5. The van der Waals surface area contributed by atoms with Crippen molar-refractivity contribution in [2.24, 2.45) is 0 Å². The van der Waals surface area contributed by atoms with Gasteiger partial charge in [-0.15, -0.1) is 11.3 Å². The van der Waals surface area contributed by atoms with Gasteiger partial charge in [0.2, 0.25) is 0 Å². The number of carbonyl (C=O) groups is 1. The maximum absolute atomic E-state index is 12.8. The summed E-state index contributed by atoms with van der Waals surface area (Å²) in [4.78, 5) is 15.5. The summed E-state index contributed by atoms with van der Waals surface area (Å²) >= 11 is 1.55. The number of amides is 1. The zero-order chi connectivity index (χ0) is 15.8. The van der Waals surface area contributed by atoms with E-state index >= 15 is 0 Å². The summed E-state index contributed by atoms with van der Waals surface area (Å²) in [6, 6.07) is 13.1. The molecule has 4 rings (SSSR count). The van der Waals surface area contributed by atoms with Crippen molar-refractivity contribution in [1.82, 2.24) is 5.16 Å². The molecular formula is C17H14N2O3S. The van der Waals surface area contributed by atoms with Crippen molar-refractivity contribution in [1.29, 1.82) is 0 Å². The molecule has 1 aliphatic rings. The summed E-state index contributed by atoms with van der Waals surface area (Å²) in [7, 11) is 0. The van der Waals surface area contributed by atoms with Crippen molar-refractivity contribution < 1.29 is 14.1 Å². The Bertz CT molecular complexity index is 841. The molecule has 23 heavy (non-hydrogen) atoms. The van der Waals surface area contributed by atoms with Crippen molar-refractivity contribution in [2.75, 3.05) is 11.4 Å². The summed E-state index contributed by atoms with van der Waals surface area (Å²) in [6.45, 7) is 2.42. The molecule has 3 heterocycles. The number of hydrogen-bond donors (Lipinski definition) is 0. The third-order valence-corrected chi connectivity index (χ3v) is 4.55. The third-order valence-electron chi connectivity index (χ3n) is 3.66. The van der Waals surface area contributed by atoms with E-state index in [0.29, 0.717) is 23.7 Å². The molecule has 5 nitrogen and oxygen atoms in total. The summed E-state index contributed by atoms with van der Waals surface area (Å²) in [6.07, 6.45) is -0.0717. The Morgan fingerprint density at radius 2 is 2.17 bits per heavy atom. The maximum atomic E-state index is 12.8. The average molecular weight is 326 g/mol. The zero-order valence-corrected chi connectivity index (χ0v) is 13.2. The number of nitrogens with zero attached hydrogens (tertiary/aromatic N) is 2. The SMILES string of the molecule is C[C@H]1CN(C(=O)c2cc(-c3cccs3)on2)c2ccccc2O1. The molecule has 1 atom stereocenters. The van der Waals surface area contributed by atoms with E-state index in [2.05, 4.69) is 5.16 Å². The van der Waals surface area contributed by atoms with Gasteiger partial charge in [-0.2, -0.15) is 0 Å². The summed E-state index contributed by atoms with van der Waals surface area (Å²) < 4.78 is 11.1. The first-order valence-electron chi connectivity index (χ1n) is 7.30. The summed E-state index contributed by atoms with van der Waals surface area (Å²) in [5.74, 6) is 1.14. The van der Waals surface area contributed by atoms with E-state index in [4.69, 9.17) is 9.26 Å². The number of carbonyl (C=O) groups excluding carboxylic acids is 1. The van der Waals surface area contributed by atoms with E-state index in [1.165, 1.54) is 0 Å². The molecule has 0 saturated carbocycles. The maximum Gasteiger partial charge on any atom is 0.280 e. The lowest BCUT2D eigenvalue weighted by atomic mass is 10.2. The molecule has 0 unspecified atom stereocenters. The highest BCUT2D eigenvalue weighted by Gasteiger charge is 2.30. The van der Waals surface area contributed by atoms with Crippen molar-refractivity contribution >= 4 is 22.9 Å². The Balaban J connectivity index is 1.67. The Kier molecular flexibility index (Phi) is 3.38. The molecule has 3 aromatic rings. The lowest BCUT2D eigenvalue weighted by molar-refractivity contribution is 0.0952. The van der Waals surface area contributed by atoms with Gasteiger partial charge in [-0.3, -0.25) is 9.69 Å². The van der Waals surface area contributed by atoms with Gasteiger partial charge in [0.05, 0.1) is 17.1 Å². The standard InChI is InChI=1S/C17H14N2O3S/c1-11-10-19(13-5-2-3-6-14(13)21-11)17(20)12-9-15(22-18-12)16-7-4-8-23-16/h2-9,11H,10H2,1H3/t11-/m0/s1. The number of benzene rings is 1. The number of aromatic nitrogens is 1. The Hall–Kier alpha value is -2.60. The molecule has 0 fully saturated rings. The Morgan fingerprint density at radius 3 is 3.00 bits per heavy atom. The molecule has 2 aromatic heterocycles. The fraction of sp³-hybridized carbons (Fsp3) is 0.176. The number of thiophene rings is 1. The molecule has 0 N–H and O–H groups in total. The predicted molar refractivity (Wildman–Crippen MR) is 88.0 cm³/mol. The van der Waals surface area contributed by atoms with Gasteiger partial charge in [0.15, 0.2) is 11.5 Å². The number of ether oxygens (including phenoxy) is 1. The predicted octanol–water partition coefficient (Wildman–Crippen LogP) is 3.83. The normalized spacial score (nSPS) is 16.7. The largest absolute Gasteiger partial charge is 0.487 e. The second-order valence-corrected chi connectivity index (χ2v) is 6.31. The van der Waals surface area contributed by atoms with Crippen LogP contribution in [0.25, 0.3) is 10.6 Å². The van der Waals surface area contributed by atoms with Crippen LogP contribution in [0.3, 0.4) is 0 Å². The van der Waals surface area contributed by atoms with Crippen LogP contribution in [-0.2, 0) is 0 Å². The Morgan fingerprint density at radius 1 is 1.30 bits per heavy atom. The summed E-state index contributed by atoms with van der Waals surface area (Å²) in [5.41, 5.74) is 1.06. The molecular weight excluding hydrogens is 312 g/mol. The van der Waals surface area contributed by atoms with E-state index in [0.717, 1.165) is 10.6 Å². The fourth-order valence-electron chi connectivity index (χ4n) is 2.63. The molecule has 1 aliphatic heterocycles. The van der Waals surface area contributed by atoms with Crippen molar-refractivity contribution in [3.8, 4) is 16.4 Å². The fourth-order valence-corrected chi connectivity index (χ4v) is 3.30. The van der Waals surface area contributed by atoms with Gasteiger partial charge in [0.25, 0.3) is 5.91 Å². The van der Waals surface area contributed by atoms with Crippen LogP contribution in [0, 0.1) is 0 Å². The van der Waals surface area contributed by atoms with Crippen LogP contribution < -0.4 is 9.64 Å². The number of para-hydroxylation sites is 2. The first-order chi connectivity index (χ1) is 11.2. The van der Waals surface area contributed by atoms with Gasteiger partial charge in [-0.1, -0.05) is 23.4 Å². The van der Waals surface area contributed by atoms with Gasteiger partial charge in [0, 0.05) is 6.07 Å². The molecule has 6 heteroatoms. The minimum Gasteiger partial charge on any atom is -0.487 e. The first kappa shape index (κ1) is 14.0. The van der Waals surface area contributed by atoms with Gasteiger partial charge >= 0.3 is 0 Å². The van der Waals surface area contributed by atoms with Crippen LogP contribution >= 0.6 is 11.3 Å². The molecule has 1 aromatic carbocycles. The number of rotatable bonds is 2. The highest BCUT2D eigenvalue weighted by molar-refractivity contribution is 7.13. The summed E-state index contributed by atoms with van der Waals surface area (Å²) in [5, 5.41) is 5.90. The zero-order valence-electron chi connectivity index (χ0n) is 12.4. The third kappa shape index (κ3) is 2.51. The van der Waals surface area contributed by atoms with Crippen molar-refractivity contribution in [3.05, 3.63) is 53.5 Å². The van der Waals surface area contributed by atoms with Crippen molar-refractivity contribution in [2.45, 2.75) is 13.0 Å². The molecule has 116 valence electrons. The molecule has 0 aliphatic carbocycles. The first-order valence-corrected chi connectivity index (χ1v) is 8.18. The van der Waals surface area contributed by atoms with Gasteiger partial charge in [0.1, 0.15) is 11.9 Å². The average Bonchev–Trinajstić information content (AvgIpc) is 3.24. The monoisotopic (exact) mass is 326 g/mol. The molecule has 0 radical (unpaired) electrons. The van der Waals surface area contributed by atoms with Gasteiger partial charge in [-0.25, -0.2) is 0 Å². The minimum absolute atomic E-state index is 0.0717. The lowest BCUT2D eigenvalue weighted by Gasteiger charge is -2.32. The number of fused-ring (bicyclic) bond motifs is 1. The van der Waals surface area contributed by atoms with E-state index < -0.39 is 0 Å². The smallest absolute Gasteiger partial charge is 0.280 e. The minimum atomic E-state index is -0.181. The molecule has 1 amide bonds. The van der Waals surface area contributed by atoms with Gasteiger partial charge in [-0.05, 0) is 30.5 Å². The van der Waals surface area contributed by atoms with Gasteiger partial charge < -0.3 is 9.26 Å². The van der Waals surface area contributed by atoms with Crippen LogP contribution in [0.4, 0.5) is 5.69 Å². The molecule has 0 saturated heterocycles. The van der Waals surface area contributed by atoms with E-state index in [1.807, 2.05) is 48.7 Å². The lowest BCUT2D eigenvalue weighted by Crippen LogP contribution is -2.42. The second-order valence-electron chi connectivity index (χ2n) is 5.37. The topological polar surface area (TPSA) is 55.6 Å². The van der Waals surface area contributed by atoms with Crippen LogP contribution in [-0.4, -0.2) is 23.7 Å². The second kappa shape index (κ2) is 5.55.